The van der Waals surface area contributed by atoms with Crippen LogP contribution in [0.5, 0.6) is 0 Å². The van der Waals surface area contributed by atoms with Gasteiger partial charge in [-0.2, -0.15) is 0 Å². The second kappa shape index (κ2) is 6.98. The van der Waals surface area contributed by atoms with E-state index >= 15 is 0 Å². The summed E-state index contributed by atoms with van der Waals surface area (Å²) in [7, 11) is 0. The van der Waals surface area contributed by atoms with E-state index in [9.17, 15) is 4.79 Å². The first-order valence-electron chi connectivity index (χ1n) is 7.97. The van der Waals surface area contributed by atoms with Gasteiger partial charge in [0.1, 0.15) is 0 Å². The molecule has 1 amide bonds. The molecule has 2 saturated heterocycles. The molecule has 0 unspecified atom stereocenters. The molecule has 1 aromatic carbocycles. The fourth-order valence-corrected chi connectivity index (χ4v) is 2.91. The third-order valence-electron chi connectivity index (χ3n) is 4.27. The molecule has 0 bridgehead atoms. The van der Waals surface area contributed by atoms with Crippen molar-refractivity contribution in [3.05, 3.63) is 24.3 Å². The number of nitrogens with one attached hydrogen (secondary N) is 1. The number of ether oxygens (including phenoxy) is 1. The third-order valence-corrected chi connectivity index (χ3v) is 4.27. The molecule has 2 heterocycles. The molecule has 1 aromatic rings. The van der Waals surface area contributed by atoms with Crippen LogP contribution < -0.4 is 16.0 Å². The summed E-state index contributed by atoms with van der Waals surface area (Å²) in [5.74, 6) is 0.684. The monoisotopic (exact) mass is 304 g/mol. The van der Waals surface area contributed by atoms with Crippen LogP contribution in [0, 0.1) is 5.92 Å². The first-order chi connectivity index (χ1) is 10.8. The van der Waals surface area contributed by atoms with Crippen molar-refractivity contribution < 1.29 is 9.53 Å². The predicted octanol–water partition coefficient (Wildman–Crippen LogP) is 1.34. The number of amides is 1. The van der Waals surface area contributed by atoms with Crippen molar-refractivity contribution in [2.24, 2.45) is 11.7 Å². The van der Waals surface area contributed by atoms with Crippen LogP contribution in [0.3, 0.4) is 0 Å². The van der Waals surface area contributed by atoms with Gasteiger partial charge in [-0.05, 0) is 43.1 Å². The minimum Gasteiger partial charge on any atom is -0.449 e. The summed E-state index contributed by atoms with van der Waals surface area (Å²) in [6.07, 6.45) is 0.630. The Labute approximate surface area is 131 Å². The zero-order valence-electron chi connectivity index (χ0n) is 12.8. The Kier molecular flexibility index (Phi) is 4.80. The van der Waals surface area contributed by atoms with Crippen LogP contribution in [-0.4, -0.2) is 56.9 Å². The fraction of sp³-hybridized carbons (Fsp3) is 0.562. The number of carbonyl (C=O) groups excluding carboxylic acids is 1. The van der Waals surface area contributed by atoms with Crippen molar-refractivity contribution >= 4 is 17.5 Å². The highest BCUT2D eigenvalue weighted by molar-refractivity contribution is 5.88. The van der Waals surface area contributed by atoms with E-state index in [1.807, 2.05) is 24.3 Å². The summed E-state index contributed by atoms with van der Waals surface area (Å²) in [4.78, 5) is 15.8. The second-order valence-corrected chi connectivity index (χ2v) is 5.95. The number of carbonyl (C=O) groups is 1. The molecule has 0 aromatic heterocycles. The molecule has 6 nitrogen and oxygen atoms in total. The summed E-state index contributed by atoms with van der Waals surface area (Å²) >= 11 is 0. The standard InChI is InChI=1S/C16H24N4O2/c17-10-13-11-19(12-13)8-6-18-14-2-4-15(5-3-14)20-7-1-9-22-16(20)21/h2-5,13,18H,1,6-12,17H2. The number of nitrogens with two attached hydrogens (primary N) is 1. The molecule has 6 heteroatoms. The van der Waals surface area contributed by atoms with Crippen LogP contribution >= 0.6 is 0 Å². The Balaban J connectivity index is 1.44. The zero-order valence-corrected chi connectivity index (χ0v) is 12.8. The van der Waals surface area contributed by atoms with Gasteiger partial charge in [0.2, 0.25) is 0 Å². The van der Waals surface area contributed by atoms with Crippen LogP contribution in [0.2, 0.25) is 0 Å². The lowest BCUT2D eigenvalue weighted by Crippen LogP contribution is -2.51. The normalized spacial score (nSPS) is 19.7. The van der Waals surface area contributed by atoms with E-state index in [2.05, 4.69) is 10.2 Å². The smallest absolute Gasteiger partial charge is 0.414 e. The molecule has 120 valence electrons. The summed E-state index contributed by atoms with van der Waals surface area (Å²) in [6.45, 7) is 6.24. The summed E-state index contributed by atoms with van der Waals surface area (Å²) in [6, 6.07) is 7.94. The van der Waals surface area contributed by atoms with Gasteiger partial charge in [0.15, 0.2) is 0 Å². The first kappa shape index (κ1) is 15.1. The van der Waals surface area contributed by atoms with Gasteiger partial charge in [0.05, 0.1) is 6.61 Å². The molecule has 0 saturated carbocycles. The van der Waals surface area contributed by atoms with Gasteiger partial charge in [-0.1, -0.05) is 0 Å². The Bertz CT molecular complexity index is 499. The number of hydrogen-bond acceptors (Lipinski definition) is 5. The Hall–Kier alpha value is -1.79. The number of hydrogen-bond donors (Lipinski definition) is 2. The highest BCUT2D eigenvalue weighted by Crippen LogP contribution is 2.21. The number of nitrogens with zero attached hydrogens (tertiary/aromatic N) is 2. The molecule has 0 radical (unpaired) electrons. The van der Waals surface area contributed by atoms with Crippen LogP contribution in [0.4, 0.5) is 16.2 Å². The van der Waals surface area contributed by atoms with E-state index in [1.54, 1.807) is 4.90 Å². The summed E-state index contributed by atoms with van der Waals surface area (Å²) in [5, 5.41) is 3.41. The van der Waals surface area contributed by atoms with Crippen molar-refractivity contribution in [2.45, 2.75) is 6.42 Å². The van der Waals surface area contributed by atoms with Gasteiger partial charge >= 0.3 is 6.09 Å². The minimum atomic E-state index is -0.251. The van der Waals surface area contributed by atoms with E-state index in [-0.39, 0.29) is 6.09 Å². The average molecular weight is 304 g/mol. The van der Waals surface area contributed by atoms with E-state index in [0.717, 1.165) is 57.1 Å². The lowest BCUT2D eigenvalue weighted by molar-refractivity contribution is 0.111. The Morgan fingerprint density at radius 3 is 2.73 bits per heavy atom. The lowest BCUT2D eigenvalue weighted by atomic mass is 10.0. The number of cyclic esters (lactones) is 1. The van der Waals surface area contributed by atoms with Crippen LogP contribution in [0.25, 0.3) is 0 Å². The molecular weight excluding hydrogens is 280 g/mol. The van der Waals surface area contributed by atoms with Crippen LogP contribution in [0.1, 0.15) is 6.42 Å². The topological polar surface area (TPSA) is 70.8 Å². The quantitative estimate of drug-likeness (QED) is 0.830. The molecular formula is C16H24N4O2. The SMILES string of the molecule is NCC1CN(CCNc2ccc(N3CCCOC3=O)cc2)C1. The Morgan fingerprint density at radius 1 is 1.27 bits per heavy atom. The number of rotatable bonds is 6. The van der Waals surface area contributed by atoms with Gasteiger partial charge in [0.25, 0.3) is 0 Å². The second-order valence-electron chi connectivity index (χ2n) is 5.95. The van der Waals surface area contributed by atoms with Crippen LogP contribution in [0.15, 0.2) is 24.3 Å². The zero-order chi connectivity index (χ0) is 15.4. The van der Waals surface area contributed by atoms with E-state index in [1.165, 1.54) is 0 Å². The highest BCUT2D eigenvalue weighted by atomic mass is 16.6. The van der Waals surface area contributed by atoms with Crippen molar-refractivity contribution in [1.82, 2.24) is 4.90 Å². The van der Waals surface area contributed by atoms with Crippen molar-refractivity contribution in [3.8, 4) is 0 Å². The molecule has 0 aliphatic carbocycles. The van der Waals surface area contributed by atoms with Crippen LogP contribution in [-0.2, 0) is 4.74 Å². The van der Waals surface area contributed by atoms with E-state index in [4.69, 9.17) is 10.5 Å². The molecule has 3 N–H and O–H groups in total. The maximum absolute atomic E-state index is 11.7. The molecule has 0 spiro atoms. The number of benzene rings is 1. The largest absolute Gasteiger partial charge is 0.449 e. The van der Waals surface area contributed by atoms with E-state index in [0.29, 0.717) is 12.5 Å². The van der Waals surface area contributed by atoms with Crippen molar-refractivity contribution in [3.63, 3.8) is 0 Å². The molecule has 3 rings (SSSR count). The Morgan fingerprint density at radius 2 is 2.05 bits per heavy atom. The molecule has 0 atom stereocenters. The highest BCUT2D eigenvalue weighted by Gasteiger charge is 2.24. The molecule has 2 fully saturated rings. The average Bonchev–Trinajstić information content (AvgIpc) is 2.51. The van der Waals surface area contributed by atoms with Gasteiger partial charge in [-0.3, -0.25) is 4.90 Å². The number of likely N-dealkylation sites (tertiary alicyclic amines) is 1. The van der Waals surface area contributed by atoms with Crippen molar-refractivity contribution in [1.29, 1.82) is 0 Å². The van der Waals surface area contributed by atoms with Gasteiger partial charge < -0.3 is 20.7 Å². The summed E-state index contributed by atoms with van der Waals surface area (Å²) < 4.78 is 5.06. The summed E-state index contributed by atoms with van der Waals surface area (Å²) in [5.41, 5.74) is 7.59. The fourth-order valence-electron chi connectivity index (χ4n) is 2.91. The molecule has 22 heavy (non-hydrogen) atoms. The van der Waals surface area contributed by atoms with Gasteiger partial charge in [0, 0.05) is 44.1 Å². The van der Waals surface area contributed by atoms with Gasteiger partial charge in [-0.25, -0.2) is 4.79 Å². The maximum Gasteiger partial charge on any atom is 0.414 e. The van der Waals surface area contributed by atoms with Gasteiger partial charge in [-0.15, -0.1) is 0 Å². The third kappa shape index (κ3) is 3.51. The van der Waals surface area contributed by atoms with Crippen molar-refractivity contribution in [2.75, 3.05) is 56.1 Å². The van der Waals surface area contributed by atoms with E-state index < -0.39 is 0 Å². The lowest BCUT2D eigenvalue weighted by Gasteiger charge is -2.38. The first-order valence-corrected chi connectivity index (χ1v) is 7.97. The predicted molar refractivity (Wildman–Crippen MR) is 87.2 cm³/mol. The number of anilines is 2. The maximum atomic E-state index is 11.7. The molecule has 2 aliphatic heterocycles. The minimum absolute atomic E-state index is 0.251. The molecule has 2 aliphatic rings.